The van der Waals surface area contributed by atoms with Gasteiger partial charge in [-0.3, -0.25) is 9.69 Å². The van der Waals surface area contributed by atoms with Crippen molar-refractivity contribution < 1.29 is 9.53 Å². The van der Waals surface area contributed by atoms with E-state index in [1.807, 2.05) is 30.3 Å². The van der Waals surface area contributed by atoms with Gasteiger partial charge in [-0.05, 0) is 36.9 Å². The third-order valence-corrected chi connectivity index (χ3v) is 4.51. The van der Waals surface area contributed by atoms with E-state index < -0.39 is 0 Å². The summed E-state index contributed by atoms with van der Waals surface area (Å²) in [5.41, 5.74) is 1.57. The lowest BCUT2D eigenvalue weighted by Gasteiger charge is -2.48. The van der Waals surface area contributed by atoms with Gasteiger partial charge in [-0.15, -0.1) is 0 Å². The van der Waals surface area contributed by atoms with Crippen LogP contribution >= 0.6 is 0 Å². The van der Waals surface area contributed by atoms with Crippen molar-refractivity contribution >= 4 is 5.97 Å². The van der Waals surface area contributed by atoms with Crippen molar-refractivity contribution in [3.63, 3.8) is 0 Å². The molecule has 4 heteroatoms. The van der Waals surface area contributed by atoms with Crippen LogP contribution in [-0.2, 0) is 16.1 Å². The standard InChI is InChI=1S/C16H22N2O2/c19-15(20-11-14-4-2-1-3-5-14)10-18-8-6-16(7-9-18)12-17-13-16/h1-5,17H,6-13H2. The summed E-state index contributed by atoms with van der Waals surface area (Å²) in [6, 6.07) is 9.83. The maximum atomic E-state index is 11.9. The summed E-state index contributed by atoms with van der Waals surface area (Å²) in [5, 5.41) is 3.36. The molecule has 2 saturated heterocycles. The molecule has 4 nitrogen and oxygen atoms in total. The van der Waals surface area contributed by atoms with Gasteiger partial charge in [0.25, 0.3) is 0 Å². The molecule has 0 unspecified atom stereocenters. The van der Waals surface area contributed by atoms with Crippen molar-refractivity contribution in [1.29, 1.82) is 0 Å². The summed E-state index contributed by atoms with van der Waals surface area (Å²) in [4.78, 5) is 14.1. The van der Waals surface area contributed by atoms with E-state index in [-0.39, 0.29) is 5.97 Å². The highest BCUT2D eigenvalue weighted by Gasteiger charge is 2.39. The van der Waals surface area contributed by atoms with Gasteiger partial charge in [0.15, 0.2) is 0 Å². The second-order valence-corrected chi connectivity index (χ2v) is 6.03. The van der Waals surface area contributed by atoms with E-state index >= 15 is 0 Å². The van der Waals surface area contributed by atoms with Gasteiger partial charge in [-0.2, -0.15) is 0 Å². The Balaban J connectivity index is 1.39. The van der Waals surface area contributed by atoms with E-state index in [4.69, 9.17) is 4.74 Å². The molecule has 1 N–H and O–H groups in total. The molecule has 2 aliphatic heterocycles. The Morgan fingerprint density at radius 1 is 1.20 bits per heavy atom. The second kappa shape index (κ2) is 5.94. The molecule has 3 rings (SSSR count). The van der Waals surface area contributed by atoms with Crippen LogP contribution in [0.4, 0.5) is 0 Å². The number of carbonyl (C=O) groups is 1. The lowest BCUT2D eigenvalue weighted by molar-refractivity contribution is -0.147. The largest absolute Gasteiger partial charge is 0.460 e. The Bertz CT molecular complexity index is 447. The van der Waals surface area contributed by atoms with Gasteiger partial charge in [0.1, 0.15) is 6.61 Å². The van der Waals surface area contributed by atoms with E-state index in [9.17, 15) is 4.79 Å². The molecule has 0 radical (unpaired) electrons. The molecule has 0 aromatic heterocycles. The number of esters is 1. The fourth-order valence-electron chi connectivity index (χ4n) is 2.98. The molecule has 0 bridgehead atoms. The van der Waals surface area contributed by atoms with Crippen LogP contribution in [-0.4, -0.2) is 43.6 Å². The number of nitrogens with one attached hydrogen (secondary N) is 1. The quantitative estimate of drug-likeness (QED) is 0.843. The minimum atomic E-state index is -0.114. The van der Waals surface area contributed by atoms with Gasteiger partial charge in [-0.1, -0.05) is 30.3 Å². The second-order valence-electron chi connectivity index (χ2n) is 6.03. The molecule has 108 valence electrons. The summed E-state index contributed by atoms with van der Waals surface area (Å²) in [6.07, 6.45) is 2.40. The number of carbonyl (C=O) groups excluding carboxylic acids is 1. The van der Waals surface area contributed by atoms with Crippen molar-refractivity contribution in [1.82, 2.24) is 10.2 Å². The van der Waals surface area contributed by atoms with E-state index in [1.165, 1.54) is 12.8 Å². The van der Waals surface area contributed by atoms with E-state index in [0.717, 1.165) is 31.7 Å². The van der Waals surface area contributed by atoms with Crippen molar-refractivity contribution in [2.45, 2.75) is 19.4 Å². The Morgan fingerprint density at radius 2 is 1.90 bits per heavy atom. The van der Waals surface area contributed by atoms with Gasteiger partial charge in [0.05, 0.1) is 6.54 Å². The number of piperidine rings is 1. The van der Waals surface area contributed by atoms with E-state index in [2.05, 4.69) is 10.2 Å². The van der Waals surface area contributed by atoms with Gasteiger partial charge >= 0.3 is 5.97 Å². The molecule has 1 aromatic carbocycles. The Kier molecular flexibility index (Phi) is 4.03. The number of hydrogen-bond donors (Lipinski definition) is 1. The first kappa shape index (κ1) is 13.6. The number of rotatable bonds is 4. The topological polar surface area (TPSA) is 41.6 Å². The van der Waals surface area contributed by atoms with E-state index in [1.54, 1.807) is 0 Å². The maximum absolute atomic E-state index is 11.9. The minimum absolute atomic E-state index is 0.114. The highest BCUT2D eigenvalue weighted by atomic mass is 16.5. The smallest absolute Gasteiger partial charge is 0.320 e. The zero-order chi connectivity index (χ0) is 13.8. The summed E-state index contributed by atoms with van der Waals surface area (Å²) in [6.45, 7) is 5.14. The molecule has 0 saturated carbocycles. The number of ether oxygens (including phenoxy) is 1. The molecule has 2 aliphatic rings. The number of nitrogens with zero attached hydrogens (tertiary/aromatic N) is 1. The predicted molar refractivity (Wildman–Crippen MR) is 77.2 cm³/mol. The van der Waals surface area contributed by atoms with Crippen LogP contribution in [0.25, 0.3) is 0 Å². The average molecular weight is 274 g/mol. The lowest BCUT2D eigenvalue weighted by atomic mass is 9.73. The highest BCUT2D eigenvalue weighted by Crippen LogP contribution is 2.34. The first-order chi connectivity index (χ1) is 9.76. The van der Waals surface area contributed by atoms with Crippen LogP contribution in [0.5, 0.6) is 0 Å². The molecule has 0 aliphatic carbocycles. The van der Waals surface area contributed by atoms with Crippen LogP contribution in [0.3, 0.4) is 0 Å². The summed E-state index contributed by atoms with van der Waals surface area (Å²) >= 11 is 0. The van der Waals surface area contributed by atoms with Crippen LogP contribution in [0.15, 0.2) is 30.3 Å². The minimum Gasteiger partial charge on any atom is -0.460 e. The van der Waals surface area contributed by atoms with Gasteiger partial charge in [0.2, 0.25) is 0 Å². The third-order valence-electron chi connectivity index (χ3n) is 4.51. The molecule has 2 fully saturated rings. The van der Waals surface area contributed by atoms with Crippen molar-refractivity contribution in [3.05, 3.63) is 35.9 Å². The molecule has 0 amide bonds. The molecular formula is C16H22N2O2. The van der Waals surface area contributed by atoms with Crippen LogP contribution in [0.2, 0.25) is 0 Å². The van der Waals surface area contributed by atoms with Crippen LogP contribution < -0.4 is 5.32 Å². The summed E-state index contributed by atoms with van der Waals surface area (Å²) in [7, 11) is 0. The normalized spacial score (nSPS) is 21.4. The lowest BCUT2D eigenvalue weighted by Crippen LogP contribution is -2.58. The Labute approximate surface area is 120 Å². The molecule has 0 atom stereocenters. The number of likely N-dealkylation sites (tertiary alicyclic amines) is 1. The van der Waals surface area contributed by atoms with Gasteiger partial charge in [-0.25, -0.2) is 0 Å². The van der Waals surface area contributed by atoms with Crippen LogP contribution in [0, 0.1) is 5.41 Å². The number of hydrogen-bond acceptors (Lipinski definition) is 4. The average Bonchev–Trinajstić information content (AvgIpc) is 2.45. The van der Waals surface area contributed by atoms with Crippen molar-refractivity contribution in [3.8, 4) is 0 Å². The molecule has 1 spiro atoms. The predicted octanol–water partition coefficient (Wildman–Crippen LogP) is 1.42. The Morgan fingerprint density at radius 3 is 2.50 bits per heavy atom. The van der Waals surface area contributed by atoms with Gasteiger partial charge in [0, 0.05) is 13.1 Å². The summed E-state index contributed by atoms with van der Waals surface area (Å²) in [5.74, 6) is -0.114. The third kappa shape index (κ3) is 3.19. The fraction of sp³-hybridized carbons (Fsp3) is 0.562. The Hall–Kier alpha value is -1.39. The highest BCUT2D eigenvalue weighted by molar-refractivity contribution is 5.71. The van der Waals surface area contributed by atoms with Crippen molar-refractivity contribution in [2.75, 3.05) is 32.7 Å². The zero-order valence-electron chi connectivity index (χ0n) is 11.8. The van der Waals surface area contributed by atoms with Gasteiger partial charge < -0.3 is 10.1 Å². The van der Waals surface area contributed by atoms with Crippen molar-refractivity contribution in [2.24, 2.45) is 5.41 Å². The fourth-order valence-corrected chi connectivity index (χ4v) is 2.98. The summed E-state index contributed by atoms with van der Waals surface area (Å²) < 4.78 is 5.33. The first-order valence-electron chi connectivity index (χ1n) is 7.38. The molecule has 20 heavy (non-hydrogen) atoms. The molecule has 1 aromatic rings. The zero-order valence-corrected chi connectivity index (χ0v) is 11.8. The maximum Gasteiger partial charge on any atom is 0.320 e. The first-order valence-corrected chi connectivity index (χ1v) is 7.38. The monoisotopic (exact) mass is 274 g/mol. The van der Waals surface area contributed by atoms with E-state index in [0.29, 0.717) is 18.6 Å². The molecular weight excluding hydrogens is 252 g/mol. The number of benzene rings is 1. The SMILES string of the molecule is O=C(CN1CCC2(CC1)CNC2)OCc1ccccc1. The van der Waals surface area contributed by atoms with Crippen LogP contribution in [0.1, 0.15) is 18.4 Å². The molecule has 2 heterocycles.